The monoisotopic (exact) mass is 278 g/mol. The summed E-state index contributed by atoms with van der Waals surface area (Å²) in [6.45, 7) is 9.79. The molecule has 0 aliphatic heterocycles. The molecule has 114 valence electrons. The van der Waals surface area contributed by atoms with E-state index in [1.54, 1.807) is 0 Å². The number of nitrogens with zero attached hydrogens (tertiary/aromatic N) is 1. The number of hydrogen-bond acceptors (Lipinski definition) is 3. The molecule has 2 atom stereocenters. The molecular formula is C17H30N2O. The van der Waals surface area contributed by atoms with Crippen LogP contribution in [0.25, 0.3) is 0 Å². The number of aliphatic hydroxyl groups excluding tert-OH is 1. The zero-order valence-corrected chi connectivity index (χ0v) is 13.3. The van der Waals surface area contributed by atoms with E-state index in [0.29, 0.717) is 6.04 Å². The van der Waals surface area contributed by atoms with E-state index in [1.165, 1.54) is 11.1 Å². The van der Waals surface area contributed by atoms with Crippen molar-refractivity contribution in [2.24, 2.45) is 5.73 Å². The molecule has 1 aromatic carbocycles. The van der Waals surface area contributed by atoms with Gasteiger partial charge in [0.25, 0.3) is 0 Å². The molecule has 0 heterocycles. The summed E-state index contributed by atoms with van der Waals surface area (Å²) in [7, 11) is 0. The van der Waals surface area contributed by atoms with E-state index >= 15 is 0 Å². The lowest BCUT2D eigenvalue weighted by molar-refractivity contribution is 0.117. The normalized spacial score (nSPS) is 14.8. The van der Waals surface area contributed by atoms with Gasteiger partial charge in [0.1, 0.15) is 0 Å². The van der Waals surface area contributed by atoms with Crippen LogP contribution in [-0.4, -0.2) is 35.2 Å². The molecule has 0 aliphatic carbocycles. The Balaban J connectivity index is 3.12. The zero-order chi connectivity index (χ0) is 15.1. The Kier molecular flexibility index (Phi) is 7.20. The second-order valence-corrected chi connectivity index (χ2v) is 5.78. The predicted octanol–water partition coefficient (Wildman–Crippen LogP) is 2.87. The number of hydrogen-bond donors (Lipinski definition) is 2. The molecule has 2 unspecified atom stereocenters. The lowest BCUT2D eigenvalue weighted by Gasteiger charge is -2.39. The molecule has 0 amide bonds. The van der Waals surface area contributed by atoms with Crippen molar-refractivity contribution in [3.8, 4) is 0 Å². The molecule has 3 nitrogen and oxygen atoms in total. The summed E-state index contributed by atoms with van der Waals surface area (Å²) in [5.41, 5.74) is 9.03. The Morgan fingerprint density at radius 2 is 1.90 bits per heavy atom. The first-order chi connectivity index (χ1) is 9.52. The number of nitrogens with two attached hydrogens (primary N) is 1. The predicted molar refractivity (Wildman–Crippen MR) is 85.7 cm³/mol. The first kappa shape index (κ1) is 17.2. The highest BCUT2D eigenvalue weighted by atomic mass is 16.3. The van der Waals surface area contributed by atoms with Crippen molar-refractivity contribution in [3.63, 3.8) is 0 Å². The Labute approximate surface area is 123 Å². The first-order valence-corrected chi connectivity index (χ1v) is 7.70. The summed E-state index contributed by atoms with van der Waals surface area (Å²) < 4.78 is 0. The minimum absolute atomic E-state index is 0.109. The fourth-order valence-electron chi connectivity index (χ4n) is 2.77. The van der Waals surface area contributed by atoms with Crippen LogP contribution in [0.4, 0.5) is 0 Å². The highest BCUT2D eigenvalue weighted by Crippen LogP contribution is 2.29. The van der Waals surface area contributed by atoms with Gasteiger partial charge in [0.05, 0.1) is 6.04 Å². The van der Waals surface area contributed by atoms with Gasteiger partial charge >= 0.3 is 0 Å². The molecule has 3 heteroatoms. The molecule has 0 aromatic heterocycles. The molecule has 0 fully saturated rings. The molecule has 0 saturated carbocycles. The van der Waals surface area contributed by atoms with E-state index in [9.17, 15) is 0 Å². The van der Waals surface area contributed by atoms with Gasteiger partial charge in [0.15, 0.2) is 0 Å². The Morgan fingerprint density at radius 1 is 1.25 bits per heavy atom. The van der Waals surface area contributed by atoms with Gasteiger partial charge in [-0.3, -0.25) is 4.90 Å². The molecule has 1 rings (SSSR count). The molecule has 0 bridgehead atoms. The van der Waals surface area contributed by atoms with E-state index in [2.05, 4.69) is 56.9 Å². The summed E-state index contributed by atoms with van der Waals surface area (Å²) >= 11 is 0. The number of benzene rings is 1. The van der Waals surface area contributed by atoms with Crippen LogP contribution in [0.1, 0.15) is 50.8 Å². The van der Waals surface area contributed by atoms with Crippen molar-refractivity contribution in [2.45, 2.75) is 58.7 Å². The minimum Gasteiger partial charge on any atom is -0.396 e. The van der Waals surface area contributed by atoms with Crippen molar-refractivity contribution < 1.29 is 5.11 Å². The van der Waals surface area contributed by atoms with Gasteiger partial charge in [-0.2, -0.15) is 0 Å². The average Bonchev–Trinajstić information content (AvgIpc) is 2.43. The zero-order valence-electron chi connectivity index (χ0n) is 13.3. The maximum atomic E-state index is 9.14. The molecule has 0 saturated heterocycles. The maximum absolute atomic E-state index is 9.14. The van der Waals surface area contributed by atoms with Crippen LogP contribution >= 0.6 is 0 Å². The fourth-order valence-corrected chi connectivity index (χ4v) is 2.77. The summed E-state index contributed by atoms with van der Waals surface area (Å²) in [5.74, 6) is 0. The maximum Gasteiger partial charge on any atom is 0.0504 e. The quantitative estimate of drug-likeness (QED) is 0.769. The second kappa shape index (κ2) is 8.40. The van der Waals surface area contributed by atoms with E-state index in [-0.39, 0.29) is 18.7 Å². The van der Waals surface area contributed by atoms with Crippen LogP contribution in [0.2, 0.25) is 0 Å². The van der Waals surface area contributed by atoms with E-state index in [0.717, 1.165) is 19.4 Å². The van der Waals surface area contributed by atoms with Crippen molar-refractivity contribution >= 4 is 0 Å². The molecule has 0 radical (unpaired) electrons. The van der Waals surface area contributed by atoms with Crippen LogP contribution in [0.15, 0.2) is 24.3 Å². The van der Waals surface area contributed by atoms with Crippen LogP contribution < -0.4 is 5.73 Å². The van der Waals surface area contributed by atoms with E-state index in [4.69, 9.17) is 10.8 Å². The molecule has 0 spiro atoms. The third kappa shape index (κ3) is 4.30. The SMILES string of the molecule is CCC(N)C(c1ccccc1C)N(CCCO)C(C)C. The minimum atomic E-state index is 0.109. The Morgan fingerprint density at radius 3 is 2.40 bits per heavy atom. The lowest BCUT2D eigenvalue weighted by Crippen LogP contribution is -2.45. The van der Waals surface area contributed by atoms with Crippen LogP contribution in [0, 0.1) is 6.92 Å². The molecule has 0 aliphatic rings. The summed E-state index contributed by atoms with van der Waals surface area (Å²) in [6.07, 6.45) is 1.73. The van der Waals surface area contributed by atoms with Gasteiger partial charge in [-0.25, -0.2) is 0 Å². The third-order valence-corrected chi connectivity index (χ3v) is 3.98. The van der Waals surface area contributed by atoms with Crippen LogP contribution in [0.3, 0.4) is 0 Å². The van der Waals surface area contributed by atoms with Gasteiger partial charge in [-0.15, -0.1) is 0 Å². The first-order valence-electron chi connectivity index (χ1n) is 7.70. The third-order valence-electron chi connectivity index (χ3n) is 3.98. The number of rotatable bonds is 8. The van der Waals surface area contributed by atoms with Gasteiger partial charge in [0.2, 0.25) is 0 Å². The van der Waals surface area contributed by atoms with Crippen LogP contribution in [0.5, 0.6) is 0 Å². The smallest absolute Gasteiger partial charge is 0.0504 e. The lowest BCUT2D eigenvalue weighted by atomic mass is 9.92. The number of aliphatic hydroxyl groups is 1. The largest absolute Gasteiger partial charge is 0.396 e. The van der Waals surface area contributed by atoms with Gasteiger partial charge in [-0.05, 0) is 44.7 Å². The van der Waals surface area contributed by atoms with Crippen LogP contribution in [-0.2, 0) is 0 Å². The highest BCUT2D eigenvalue weighted by molar-refractivity contribution is 5.30. The topological polar surface area (TPSA) is 49.5 Å². The second-order valence-electron chi connectivity index (χ2n) is 5.78. The molecule has 3 N–H and O–H groups in total. The summed E-state index contributed by atoms with van der Waals surface area (Å²) in [5, 5.41) is 9.14. The van der Waals surface area contributed by atoms with E-state index < -0.39 is 0 Å². The molecule has 1 aromatic rings. The average molecular weight is 278 g/mol. The van der Waals surface area contributed by atoms with Crippen molar-refractivity contribution in [1.29, 1.82) is 0 Å². The number of aryl methyl sites for hydroxylation is 1. The standard InChI is InChI=1S/C17H30N2O/c1-5-16(18)17(15-10-7-6-9-14(15)4)19(13(2)3)11-8-12-20/h6-7,9-10,13,16-17,20H,5,8,11-12,18H2,1-4H3. The van der Waals surface area contributed by atoms with E-state index in [1.807, 2.05) is 0 Å². The van der Waals surface area contributed by atoms with Gasteiger partial charge in [-0.1, -0.05) is 31.2 Å². The van der Waals surface area contributed by atoms with Crippen molar-refractivity contribution in [2.75, 3.05) is 13.2 Å². The Bertz CT molecular complexity index is 392. The summed E-state index contributed by atoms with van der Waals surface area (Å²) in [6, 6.07) is 9.22. The van der Waals surface area contributed by atoms with Crippen molar-refractivity contribution in [1.82, 2.24) is 4.90 Å². The fraction of sp³-hybridized carbons (Fsp3) is 0.647. The Hall–Kier alpha value is -0.900. The van der Waals surface area contributed by atoms with Gasteiger partial charge < -0.3 is 10.8 Å². The molecular weight excluding hydrogens is 248 g/mol. The highest BCUT2D eigenvalue weighted by Gasteiger charge is 2.28. The summed E-state index contributed by atoms with van der Waals surface area (Å²) in [4.78, 5) is 2.42. The van der Waals surface area contributed by atoms with Gasteiger partial charge in [0, 0.05) is 25.2 Å². The van der Waals surface area contributed by atoms with Crippen molar-refractivity contribution in [3.05, 3.63) is 35.4 Å². The molecule has 20 heavy (non-hydrogen) atoms.